The predicted molar refractivity (Wildman–Crippen MR) is 112 cm³/mol. The van der Waals surface area contributed by atoms with Crippen LogP contribution in [-0.4, -0.2) is 57.6 Å². The molecule has 0 saturated carbocycles. The van der Waals surface area contributed by atoms with Crippen LogP contribution < -0.4 is 20.1 Å². The molecule has 0 heterocycles. The molecule has 2 aromatic rings. The number of carbonyl (C=O) groups excluding carboxylic acids is 2. The van der Waals surface area contributed by atoms with Gasteiger partial charge in [-0.05, 0) is 63.0 Å². The van der Waals surface area contributed by atoms with Crippen LogP contribution in [0.3, 0.4) is 0 Å². The third-order valence-electron chi connectivity index (χ3n) is 4.42. The van der Waals surface area contributed by atoms with Gasteiger partial charge in [0.2, 0.25) is 0 Å². The number of nitrogens with one attached hydrogen (secondary N) is 2. The lowest BCUT2D eigenvalue weighted by atomic mass is 10.1. The van der Waals surface area contributed by atoms with Crippen molar-refractivity contribution >= 4 is 11.8 Å². The van der Waals surface area contributed by atoms with Gasteiger partial charge >= 0.3 is 0 Å². The van der Waals surface area contributed by atoms with Gasteiger partial charge in [-0.3, -0.25) is 9.59 Å². The van der Waals surface area contributed by atoms with E-state index in [0.717, 1.165) is 11.3 Å². The van der Waals surface area contributed by atoms with Gasteiger partial charge in [0.25, 0.3) is 11.8 Å². The van der Waals surface area contributed by atoms with Gasteiger partial charge in [0, 0.05) is 18.7 Å². The molecular formula is C22H29N3O4. The van der Waals surface area contributed by atoms with Crippen molar-refractivity contribution in [3.05, 3.63) is 59.7 Å². The van der Waals surface area contributed by atoms with Crippen molar-refractivity contribution in [1.82, 2.24) is 15.5 Å². The van der Waals surface area contributed by atoms with E-state index in [-0.39, 0.29) is 24.5 Å². The minimum absolute atomic E-state index is 0.00809. The molecule has 0 unspecified atom stereocenters. The molecule has 0 aliphatic rings. The number of ether oxygens (including phenoxy) is 2. The summed E-state index contributed by atoms with van der Waals surface area (Å²) in [4.78, 5) is 26.0. The lowest BCUT2D eigenvalue weighted by molar-refractivity contribution is -0.122. The molecule has 0 bridgehead atoms. The molecule has 0 aliphatic carbocycles. The summed E-state index contributed by atoms with van der Waals surface area (Å²) in [6, 6.07) is 14.5. The van der Waals surface area contributed by atoms with E-state index in [1.165, 1.54) is 0 Å². The smallest absolute Gasteiger partial charge is 0.257 e. The van der Waals surface area contributed by atoms with Crippen LogP contribution in [0.1, 0.15) is 28.9 Å². The fourth-order valence-electron chi connectivity index (χ4n) is 2.84. The van der Waals surface area contributed by atoms with Crippen LogP contribution >= 0.6 is 0 Å². The molecule has 0 fully saturated rings. The van der Waals surface area contributed by atoms with E-state index in [0.29, 0.717) is 24.4 Å². The molecule has 2 rings (SSSR count). The summed E-state index contributed by atoms with van der Waals surface area (Å²) in [6.07, 6.45) is 0. The first-order chi connectivity index (χ1) is 13.9. The minimum atomic E-state index is -0.179. The van der Waals surface area contributed by atoms with Crippen LogP contribution in [0.2, 0.25) is 0 Å². The zero-order chi connectivity index (χ0) is 21.2. The molecule has 2 amide bonds. The minimum Gasteiger partial charge on any atom is -0.497 e. The van der Waals surface area contributed by atoms with E-state index in [4.69, 9.17) is 9.47 Å². The van der Waals surface area contributed by atoms with Gasteiger partial charge in [0.15, 0.2) is 6.61 Å². The SMILES string of the molecule is CCNC(=O)COc1ccc(C(=O)NC[C@H](c2cccc(OC)c2)N(C)C)cc1. The van der Waals surface area contributed by atoms with Gasteiger partial charge in [0.05, 0.1) is 13.2 Å². The number of benzene rings is 2. The van der Waals surface area contributed by atoms with E-state index < -0.39 is 0 Å². The van der Waals surface area contributed by atoms with Crippen molar-refractivity contribution in [3.8, 4) is 11.5 Å². The Hall–Kier alpha value is -3.06. The first-order valence-corrected chi connectivity index (χ1v) is 9.52. The molecular weight excluding hydrogens is 370 g/mol. The highest BCUT2D eigenvalue weighted by Crippen LogP contribution is 2.22. The van der Waals surface area contributed by atoms with Crippen molar-refractivity contribution < 1.29 is 19.1 Å². The summed E-state index contributed by atoms with van der Waals surface area (Å²) in [5.74, 6) is 0.968. The Bertz CT molecular complexity index is 806. The molecule has 7 nitrogen and oxygen atoms in total. The van der Waals surface area contributed by atoms with Crippen LogP contribution in [0.5, 0.6) is 11.5 Å². The average Bonchev–Trinajstić information content (AvgIpc) is 2.72. The molecule has 0 aliphatic heterocycles. The molecule has 29 heavy (non-hydrogen) atoms. The van der Waals surface area contributed by atoms with Gasteiger partial charge in [-0.1, -0.05) is 12.1 Å². The monoisotopic (exact) mass is 399 g/mol. The van der Waals surface area contributed by atoms with Gasteiger partial charge in [-0.2, -0.15) is 0 Å². The van der Waals surface area contributed by atoms with E-state index in [9.17, 15) is 9.59 Å². The quantitative estimate of drug-likeness (QED) is 0.641. The normalized spacial score (nSPS) is 11.6. The molecule has 7 heteroatoms. The molecule has 156 valence electrons. The maximum absolute atomic E-state index is 12.5. The third kappa shape index (κ3) is 6.80. The first kappa shape index (κ1) is 22.2. The van der Waals surface area contributed by atoms with Crippen molar-refractivity contribution in [2.45, 2.75) is 13.0 Å². The van der Waals surface area contributed by atoms with Crippen molar-refractivity contribution in [2.75, 3.05) is 40.9 Å². The third-order valence-corrected chi connectivity index (χ3v) is 4.42. The summed E-state index contributed by atoms with van der Waals surface area (Å²) >= 11 is 0. The number of nitrogens with zero attached hydrogens (tertiary/aromatic N) is 1. The van der Waals surface area contributed by atoms with Crippen molar-refractivity contribution in [2.24, 2.45) is 0 Å². The second kappa shape index (κ2) is 11.1. The molecule has 1 atom stereocenters. The van der Waals surface area contributed by atoms with E-state index >= 15 is 0 Å². The number of hydrogen-bond acceptors (Lipinski definition) is 5. The Labute approximate surface area is 172 Å². The Kier molecular flexibility index (Phi) is 8.48. The summed E-state index contributed by atoms with van der Waals surface area (Å²) in [6.45, 7) is 2.81. The predicted octanol–water partition coefficient (Wildman–Crippen LogP) is 2.24. The van der Waals surface area contributed by atoms with Crippen LogP contribution in [0, 0.1) is 0 Å². The van der Waals surface area contributed by atoms with E-state index in [1.54, 1.807) is 31.4 Å². The summed E-state index contributed by atoms with van der Waals surface area (Å²) < 4.78 is 10.7. The fraction of sp³-hybridized carbons (Fsp3) is 0.364. The zero-order valence-corrected chi connectivity index (χ0v) is 17.4. The van der Waals surface area contributed by atoms with Gasteiger partial charge in [-0.25, -0.2) is 0 Å². The number of methoxy groups -OCH3 is 1. The number of rotatable bonds is 10. The largest absolute Gasteiger partial charge is 0.497 e. The highest BCUT2D eigenvalue weighted by molar-refractivity contribution is 5.94. The highest BCUT2D eigenvalue weighted by atomic mass is 16.5. The van der Waals surface area contributed by atoms with Gasteiger partial charge in [-0.15, -0.1) is 0 Å². The maximum Gasteiger partial charge on any atom is 0.257 e. The second-order valence-electron chi connectivity index (χ2n) is 6.73. The molecule has 2 aromatic carbocycles. The topological polar surface area (TPSA) is 79.9 Å². The van der Waals surface area contributed by atoms with E-state index in [1.807, 2.05) is 50.2 Å². The summed E-state index contributed by atoms with van der Waals surface area (Å²) in [5.41, 5.74) is 1.59. The number of hydrogen-bond donors (Lipinski definition) is 2. The highest BCUT2D eigenvalue weighted by Gasteiger charge is 2.16. The standard InChI is InChI=1S/C22H29N3O4/c1-5-23-21(26)15-29-18-11-9-16(10-12-18)22(27)24-14-20(25(2)3)17-7-6-8-19(13-17)28-4/h6-13,20H,5,14-15H2,1-4H3,(H,23,26)(H,24,27)/t20-/m1/s1. The number of carbonyl (C=O) groups is 2. The fourth-order valence-corrected chi connectivity index (χ4v) is 2.84. The number of likely N-dealkylation sites (N-methyl/N-ethyl adjacent to an activating group) is 2. The Morgan fingerprint density at radius 3 is 2.38 bits per heavy atom. The van der Waals surface area contributed by atoms with Crippen LogP contribution in [0.15, 0.2) is 48.5 Å². The molecule has 0 aromatic heterocycles. The Morgan fingerprint density at radius 1 is 1.03 bits per heavy atom. The van der Waals surface area contributed by atoms with Crippen LogP contribution in [-0.2, 0) is 4.79 Å². The summed E-state index contributed by atoms with van der Waals surface area (Å²) in [7, 11) is 5.57. The molecule has 0 spiro atoms. The lowest BCUT2D eigenvalue weighted by Crippen LogP contribution is -2.34. The summed E-state index contributed by atoms with van der Waals surface area (Å²) in [5, 5.41) is 5.64. The zero-order valence-electron chi connectivity index (χ0n) is 17.4. The van der Waals surface area contributed by atoms with Crippen LogP contribution in [0.25, 0.3) is 0 Å². The Morgan fingerprint density at radius 2 is 1.76 bits per heavy atom. The van der Waals surface area contributed by atoms with Gasteiger partial charge in [0.1, 0.15) is 11.5 Å². The first-order valence-electron chi connectivity index (χ1n) is 9.52. The van der Waals surface area contributed by atoms with Crippen molar-refractivity contribution in [3.63, 3.8) is 0 Å². The van der Waals surface area contributed by atoms with E-state index in [2.05, 4.69) is 10.6 Å². The average molecular weight is 399 g/mol. The van der Waals surface area contributed by atoms with Gasteiger partial charge < -0.3 is 25.0 Å². The number of amides is 2. The van der Waals surface area contributed by atoms with Crippen molar-refractivity contribution in [1.29, 1.82) is 0 Å². The molecule has 0 saturated heterocycles. The molecule has 0 radical (unpaired) electrons. The lowest BCUT2D eigenvalue weighted by Gasteiger charge is -2.25. The van der Waals surface area contributed by atoms with Crippen LogP contribution in [0.4, 0.5) is 0 Å². The molecule has 2 N–H and O–H groups in total. The second-order valence-corrected chi connectivity index (χ2v) is 6.73. The maximum atomic E-state index is 12.5. The Balaban J connectivity index is 1.95.